The lowest BCUT2D eigenvalue weighted by Gasteiger charge is -2.17. The van der Waals surface area contributed by atoms with Gasteiger partial charge in [-0.3, -0.25) is 9.59 Å². The SMILES string of the molecule is CCNC(=O)c1cccnc1OC1CCN(C(=O)c2cccs2)C1. The molecule has 6 nitrogen and oxygen atoms in total. The van der Waals surface area contributed by atoms with E-state index in [1.165, 1.54) is 11.3 Å². The Labute approximate surface area is 144 Å². The molecule has 24 heavy (non-hydrogen) atoms. The van der Waals surface area contributed by atoms with E-state index in [0.717, 1.165) is 11.3 Å². The summed E-state index contributed by atoms with van der Waals surface area (Å²) in [6, 6.07) is 7.09. The zero-order valence-corrected chi connectivity index (χ0v) is 14.2. The summed E-state index contributed by atoms with van der Waals surface area (Å²) >= 11 is 1.44. The molecule has 1 atom stereocenters. The summed E-state index contributed by atoms with van der Waals surface area (Å²) in [6.45, 7) is 3.55. The highest BCUT2D eigenvalue weighted by Gasteiger charge is 2.29. The fourth-order valence-corrected chi connectivity index (χ4v) is 3.33. The molecule has 3 rings (SSSR count). The molecule has 1 aliphatic rings. The Kier molecular flexibility index (Phi) is 5.10. The fraction of sp³-hybridized carbons (Fsp3) is 0.353. The van der Waals surface area contributed by atoms with E-state index in [2.05, 4.69) is 10.3 Å². The third kappa shape index (κ3) is 3.56. The van der Waals surface area contributed by atoms with Gasteiger partial charge in [-0.1, -0.05) is 6.07 Å². The molecule has 1 N–H and O–H groups in total. The van der Waals surface area contributed by atoms with Gasteiger partial charge in [-0.15, -0.1) is 11.3 Å². The number of hydrogen-bond donors (Lipinski definition) is 1. The van der Waals surface area contributed by atoms with Gasteiger partial charge in [0.25, 0.3) is 11.8 Å². The van der Waals surface area contributed by atoms with Gasteiger partial charge in [-0.05, 0) is 30.5 Å². The van der Waals surface area contributed by atoms with Crippen molar-refractivity contribution in [1.29, 1.82) is 0 Å². The van der Waals surface area contributed by atoms with Crippen LogP contribution in [0.15, 0.2) is 35.8 Å². The van der Waals surface area contributed by atoms with Gasteiger partial charge in [0.15, 0.2) is 0 Å². The molecular formula is C17H19N3O3S. The van der Waals surface area contributed by atoms with E-state index < -0.39 is 0 Å². The normalized spacial score (nSPS) is 16.9. The topological polar surface area (TPSA) is 71.5 Å². The van der Waals surface area contributed by atoms with Crippen molar-refractivity contribution in [3.05, 3.63) is 46.3 Å². The van der Waals surface area contributed by atoms with Crippen molar-refractivity contribution in [2.24, 2.45) is 0 Å². The van der Waals surface area contributed by atoms with Gasteiger partial charge in [-0.2, -0.15) is 0 Å². The Morgan fingerprint density at radius 2 is 2.29 bits per heavy atom. The summed E-state index contributed by atoms with van der Waals surface area (Å²) < 4.78 is 5.91. The second-order valence-corrected chi connectivity index (χ2v) is 6.42. The number of carbonyl (C=O) groups excluding carboxylic acids is 2. The van der Waals surface area contributed by atoms with E-state index in [-0.39, 0.29) is 17.9 Å². The fourth-order valence-electron chi connectivity index (χ4n) is 2.64. The second kappa shape index (κ2) is 7.44. The van der Waals surface area contributed by atoms with Crippen molar-refractivity contribution in [1.82, 2.24) is 15.2 Å². The number of hydrogen-bond acceptors (Lipinski definition) is 5. The average molecular weight is 345 g/mol. The molecule has 1 fully saturated rings. The highest BCUT2D eigenvalue weighted by Crippen LogP contribution is 2.22. The molecule has 0 aromatic carbocycles. The number of thiophene rings is 1. The molecule has 2 aromatic heterocycles. The van der Waals surface area contributed by atoms with Crippen LogP contribution in [0.5, 0.6) is 5.88 Å². The average Bonchev–Trinajstić information content (AvgIpc) is 3.27. The second-order valence-electron chi connectivity index (χ2n) is 5.47. The van der Waals surface area contributed by atoms with Crippen LogP contribution in [0, 0.1) is 0 Å². The smallest absolute Gasteiger partial charge is 0.264 e. The summed E-state index contributed by atoms with van der Waals surface area (Å²) in [6.07, 6.45) is 2.17. The number of carbonyl (C=O) groups is 2. The number of nitrogens with one attached hydrogen (secondary N) is 1. The Morgan fingerprint density at radius 3 is 3.04 bits per heavy atom. The van der Waals surface area contributed by atoms with E-state index in [1.807, 2.05) is 24.4 Å². The van der Waals surface area contributed by atoms with Crippen LogP contribution in [0.1, 0.15) is 33.4 Å². The molecule has 3 heterocycles. The molecule has 2 aromatic rings. The number of amides is 2. The van der Waals surface area contributed by atoms with Crippen LogP contribution in [0.25, 0.3) is 0 Å². The number of pyridine rings is 1. The van der Waals surface area contributed by atoms with Crippen LogP contribution in [0.2, 0.25) is 0 Å². The predicted octanol–water partition coefficient (Wildman–Crippen LogP) is 2.19. The maximum atomic E-state index is 12.4. The third-order valence-electron chi connectivity index (χ3n) is 3.80. The lowest BCUT2D eigenvalue weighted by Crippen LogP contribution is -2.31. The molecule has 0 spiro atoms. The van der Waals surface area contributed by atoms with Crippen LogP contribution in [0.3, 0.4) is 0 Å². The lowest BCUT2D eigenvalue weighted by molar-refractivity contribution is 0.0773. The van der Waals surface area contributed by atoms with E-state index in [1.54, 1.807) is 23.2 Å². The maximum Gasteiger partial charge on any atom is 0.264 e. The van der Waals surface area contributed by atoms with E-state index in [0.29, 0.717) is 31.1 Å². The van der Waals surface area contributed by atoms with Crippen molar-refractivity contribution < 1.29 is 14.3 Å². The molecule has 126 valence electrons. The first-order valence-corrected chi connectivity index (χ1v) is 8.79. The van der Waals surface area contributed by atoms with Gasteiger partial charge in [0.1, 0.15) is 11.7 Å². The maximum absolute atomic E-state index is 12.4. The molecule has 0 radical (unpaired) electrons. The zero-order chi connectivity index (χ0) is 16.9. The first-order valence-electron chi connectivity index (χ1n) is 7.91. The zero-order valence-electron chi connectivity index (χ0n) is 13.4. The predicted molar refractivity (Wildman–Crippen MR) is 91.5 cm³/mol. The molecular weight excluding hydrogens is 326 g/mol. The van der Waals surface area contributed by atoms with E-state index in [4.69, 9.17) is 4.74 Å². The van der Waals surface area contributed by atoms with Crippen LogP contribution >= 0.6 is 11.3 Å². The number of aromatic nitrogens is 1. The molecule has 0 saturated carbocycles. The molecule has 0 bridgehead atoms. The number of rotatable bonds is 5. The summed E-state index contributed by atoms with van der Waals surface area (Å²) in [7, 11) is 0. The van der Waals surface area contributed by atoms with Gasteiger partial charge in [0.05, 0.1) is 11.4 Å². The van der Waals surface area contributed by atoms with Crippen molar-refractivity contribution in [2.45, 2.75) is 19.4 Å². The van der Waals surface area contributed by atoms with Crippen molar-refractivity contribution >= 4 is 23.2 Å². The van der Waals surface area contributed by atoms with Gasteiger partial charge in [0.2, 0.25) is 5.88 Å². The summed E-state index contributed by atoms with van der Waals surface area (Å²) in [5, 5.41) is 4.64. The Balaban J connectivity index is 1.66. The highest BCUT2D eigenvalue weighted by molar-refractivity contribution is 7.12. The van der Waals surface area contributed by atoms with Gasteiger partial charge >= 0.3 is 0 Å². The van der Waals surface area contributed by atoms with Gasteiger partial charge in [-0.25, -0.2) is 4.98 Å². The molecule has 7 heteroatoms. The van der Waals surface area contributed by atoms with E-state index >= 15 is 0 Å². The minimum absolute atomic E-state index is 0.0288. The molecule has 1 aliphatic heterocycles. The number of nitrogens with zero attached hydrogens (tertiary/aromatic N) is 2. The molecule has 2 amide bonds. The largest absolute Gasteiger partial charge is 0.472 e. The minimum atomic E-state index is -0.204. The summed E-state index contributed by atoms with van der Waals surface area (Å²) in [5.41, 5.74) is 0.419. The van der Waals surface area contributed by atoms with Crippen LogP contribution < -0.4 is 10.1 Å². The van der Waals surface area contributed by atoms with Crippen LogP contribution in [0.4, 0.5) is 0 Å². The number of ether oxygens (including phenoxy) is 1. The van der Waals surface area contributed by atoms with Crippen molar-refractivity contribution in [3.8, 4) is 5.88 Å². The monoisotopic (exact) mass is 345 g/mol. The molecule has 1 saturated heterocycles. The summed E-state index contributed by atoms with van der Waals surface area (Å²) in [4.78, 5) is 31.1. The standard InChI is InChI=1S/C17H19N3O3S/c1-2-18-15(21)13-5-3-8-19-16(13)23-12-7-9-20(11-12)17(22)14-6-4-10-24-14/h3-6,8,10,12H,2,7,9,11H2,1H3,(H,18,21). The van der Waals surface area contributed by atoms with Crippen LogP contribution in [-0.2, 0) is 0 Å². The molecule has 1 unspecified atom stereocenters. The number of likely N-dealkylation sites (tertiary alicyclic amines) is 1. The Hall–Kier alpha value is -2.41. The first-order chi connectivity index (χ1) is 11.7. The van der Waals surface area contributed by atoms with Crippen LogP contribution in [-0.4, -0.2) is 47.4 Å². The lowest BCUT2D eigenvalue weighted by atomic mass is 10.2. The molecule has 0 aliphatic carbocycles. The highest BCUT2D eigenvalue weighted by atomic mass is 32.1. The quantitative estimate of drug-likeness (QED) is 0.902. The van der Waals surface area contributed by atoms with E-state index in [9.17, 15) is 9.59 Å². The Morgan fingerprint density at radius 1 is 1.42 bits per heavy atom. The Bertz CT molecular complexity index is 718. The third-order valence-corrected chi connectivity index (χ3v) is 4.65. The van der Waals surface area contributed by atoms with Crippen molar-refractivity contribution in [3.63, 3.8) is 0 Å². The van der Waals surface area contributed by atoms with Gasteiger partial charge < -0.3 is 15.0 Å². The minimum Gasteiger partial charge on any atom is -0.472 e. The van der Waals surface area contributed by atoms with Crippen molar-refractivity contribution in [2.75, 3.05) is 19.6 Å². The van der Waals surface area contributed by atoms with Gasteiger partial charge in [0, 0.05) is 25.7 Å². The summed E-state index contributed by atoms with van der Waals surface area (Å²) in [5.74, 6) is 0.144. The first kappa shape index (κ1) is 16.4.